The maximum absolute atomic E-state index is 12.1. The minimum absolute atomic E-state index is 0.0593. The summed E-state index contributed by atoms with van der Waals surface area (Å²) in [7, 11) is 1.52. The van der Waals surface area contributed by atoms with Crippen molar-refractivity contribution in [1.29, 1.82) is 0 Å². The maximum Gasteiger partial charge on any atom is 0.344 e. The molecule has 0 aliphatic rings. The number of methoxy groups -OCH3 is 1. The number of hydrogen-bond acceptors (Lipinski definition) is 6. The molecule has 0 heterocycles. The van der Waals surface area contributed by atoms with Gasteiger partial charge >= 0.3 is 5.97 Å². The number of hydrogen-bond donors (Lipinski definition) is 0. The lowest BCUT2D eigenvalue weighted by Crippen LogP contribution is -2.17. The van der Waals surface area contributed by atoms with Crippen molar-refractivity contribution in [3.63, 3.8) is 0 Å². The highest BCUT2D eigenvalue weighted by Gasteiger charge is 2.16. The van der Waals surface area contributed by atoms with E-state index < -0.39 is 17.0 Å². The number of esters is 1. The molecule has 0 aliphatic carbocycles. The van der Waals surface area contributed by atoms with E-state index in [-0.39, 0.29) is 12.3 Å². The number of benzene rings is 2. The summed E-state index contributed by atoms with van der Waals surface area (Å²) in [6.07, 6.45) is 1.83. The van der Waals surface area contributed by atoms with Crippen molar-refractivity contribution in [2.24, 2.45) is 0 Å². The third-order valence-electron chi connectivity index (χ3n) is 3.81. The highest BCUT2D eigenvalue weighted by atomic mass is 16.6. The van der Waals surface area contributed by atoms with Gasteiger partial charge < -0.3 is 14.2 Å². The fourth-order valence-corrected chi connectivity index (χ4v) is 2.45. The first-order chi connectivity index (χ1) is 12.9. The van der Waals surface area contributed by atoms with Crippen LogP contribution >= 0.6 is 0 Å². The average Bonchev–Trinajstić information content (AvgIpc) is 2.67. The van der Waals surface area contributed by atoms with E-state index in [1.54, 1.807) is 31.2 Å². The molecule has 7 heteroatoms. The van der Waals surface area contributed by atoms with Gasteiger partial charge in [-0.05, 0) is 36.6 Å². The molecule has 0 N–H and O–H groups in total. The summed E-state index contributed by atoms with van der Waals surface area (Å²) in [5, 5.41) is 10.8. The molecular formula is C20H21NO6. The number of nitro benzene ring substituents is 1. The van der Waals surface area contributed by atoms with E-state index in [4.69, 9.17) is 14.2 Å². The van der Waals surface area contributed by atoms with Gasteiger partial charge in [0.15, 0.2) is 18.1 Å². The Morgan fingerprint density at radius 1 is 1.26 bits per heavy atom. The summed E-state index contributed by atoms with van der Waals surface area (Å²) >= 11 is 0. The molecular weight excluding hydrogens is 350 g/mol. The van der Waals surface area contributed by atoms with Crippen LogP contribution in [0.15, 0.2) is 55.1 Å². The molecule has 2 aromatic rings. The van der Waals surface area contributed by atoms with Crippen molar-refractivity contribution < 1.29 is 23.9 Å². The van der Waals surface area contributed by atoms with E-state index in [0.717, 1.165) is 5.56 Å². The summed E-state index contributed by atoms with van der Waals surface area (Å²) in [6.45, 7) is 5.02. The van der Waals surface area contributed by atoms with Crippen LogP contribution in [-0.4, -0.2) is 24.6 Å². The second kappa shape index (κ2) is 9.38. The standard InChI is InChI=1S/C20H21NO6/c1-4-6-15-9-10-18(19(11-15)25-3)26-13-20(22)27-14(2)16-7-5-8-17(12-16)21(23)24/h4-5,7-12,14H,1,6,13H2,2-3H3/t14-/m1/s1. The number of allylic oxidation sites excluding steroid dienone is 1. The van der Waals surface area contributed by atoms with Gasteiger partial charge in [0, 0.05) is 12.1 Å². The molecule has 0 fully saturated rings. The third kappa shape index (κ3) is 5.57. The second-order valence-electron chi connectivity index (χ2n) is 5.75. The van der Waals surface area contributed by atoms with Crippen molar-refractivity contribution in [2.45, 2.75) is 19.4 Å². The molecule has 7 nitrogen and oxygen atoms in total. The molecule has 0 aliphatic heterocycles. The Bertz CT molecular complexity index is 833. The summed E-state index contributed by atoms with van der Waals surface area (Å²) in [5.41, 5.74) is 1.48. The number of nitrogens with zero attached hydrogens (tertiary/aromatic N) is 1. The first-order valence-corrected chi connectivity index (χ1v) is 8.29. The van der Waals surface area contributed by atoms with Crippen LogP contribution in [0.25, 0.3) is 0 Å². The Labute approximate surface area is 157 Å². The fraction of sp³-hybridized carbons (Fsp3) is 0.250. The van der Waals surface area contributed by atoms with Crippen molar-refractivity contribution in [1.82, 2.24) is 0 Å². The number of rotatable bonds is 9. The van der Waals surface area contributed by atoms with Crippen molar-refractivity contribution in [3.05, 3.63) is 76.4 Å². The van der Waals surface area contributed by atoms with Gasteiger partial charge in [-0.3, -0.25) is 10.1 Å². The number of carbonyl (C=O) groups excluding carboxylic acids is 1. The van der Waals surface area contributed by atoms with Gasteiger partial charge in [-0.15, -0.1) is 6.58 Å². The van der Waals surface area contributed by atoms with E-state index in [2.05, 4.69) is 6.58 Å². The van der Waals surface area contributed by atoms with Crippen molar-refractivity contribution in [2.75, 3.05) is 13.7 Å². The highest BCUT2D eigenvalue weighted by Crippen LogP contribution is 2.28. The van der Waals surface area contributed by atoms with E-state index in [9.17, 15) is 14.9 Å². The normalized spacial score (nSPS) is 11.3. The molecule has 0 amide bonds. The van der Waals surface area contributed by atoms with Gasteiger partial charge in [0.05, 0.1) is 12.0 Å². The molecule has 2 rings (SSSR count). The van der Waals surface area contributed by atoms with Gasteiger partial charge in [0.25, 0.3) is 5.69 Å². The van der Waals surface area contributed by atoms with Crippen LogP contribution in [0.4, 0.5) is 5.69 Å². The minimum atomic E-state index is -0.641. The Kier molecular flexibility index (Phi) is 6.93. The molecule has 0 aromatic heterocycles. The van der Waals surface area contributed by atoms with E-state index in [0.29, 0.717) is 23.5 Å². The van der Waals surface area contributed by atoms with E-state index in [1.807, 2.05) is 12.1 Å². The monoisotopic (exact) mass is 371 g/mol. The van der Waals surface area contributed by atoms with Gasteiger partial charge in [0.2, 0.25) is 0 Å². The van der Waals surface area contributed by atoms with Crippen molar-refractivity contribution >= 4 is 11.7 Å². The summed E-state index contributed by atoms with van der Waals surface area (Å²) < 4.78 is 16.1. The molecule has 142 valence electrons. The Hall–Kier alpha value is -3.35. The zero-order valence-electron chi connectivity index (χ0n) is 15.2. The largest absolute Gasteiger partial charge is 0.493 e. The topological polar surface area (TPSA) is 87.9 Å². The maximum atomic E-state index is 12.1. The number of carbonyl (C=O) groups is 1. The van der Waals surface area contributed by atoms with Crippen LogP contribution in [0, 0.1) is 10.1 Å². The molecule has 0 radical (unpaired) electrons. The quantitative estimate of drug-likeness (QED) is 0.286. The third-order valence-corrected chi connectivity index (χ3v) is 3.81. The lowest BCUT2D eigenvalue weighted by Gasteiger charge is -2.15. The van der Waals surface area contributed by atoms with E-state index in [1.165, 1.54) is 19.2 Å². The fourth-order valence-electron chi connectivity index (χ4n) is 2.45. The van der Waals surface area contributed by atoms with Crippen molar-refractivity contribution in [3.8, 4) is 11.5 Å². The highest BCUT2D eigenvalue weighted by molar-refractivity contribution is 5.71. The molecule has 0 saturated carbocycles. The van der Waals surface area contributed by atoms with Crippen LogP contribution in [0.3, 0.4) is 0 Å². The smallest absolute Gasteiger partial charge is 0.344 e. The van der Waals surface area contributed by atoms with Gasteiger partial charge in [-0.2, -0.15) is 0 Å². The molecule has 1 atom stereocenters. The molecule has 0 bridgehead atoms. The molecule has 0 saturated heterocycles. The SMILES string of the molecule is C=CCc1ccc(OCC(=O)O[C@H](C)c2cccc([N+](=O)[O-])c2)c(OC)c1. The first kappa shape index (κ1) is 20.0. The first-order valence-electron chi connectivity index (χ1n) is 8.29. The van der Waals surface area contributed by atoms with Crippen LogP contribution in [-0.2, 0) is 16.0 Å². The van der Waals surface area contributed by atoms with Gasteiger partial charge in [-0.1, -0.05) is 24.3 Å². The number of ether oxygens (including phenoxy) is 3. The number of nitro groups is 1. The predicted octanol–water partition coefficient (Wildman–Crippen LogP) is 4.02. The zero-order valence-corrected chi connectivity index (χ0v) is 15.2. The molecule has 27 heavy (non-hydrogen) atoms. The Balaban J connectivity index is 1.97. The second-order valence-corrected chi connectivity index (χ2v) is 5.75. The summed E-state index contributed by atoms with van der Waals surface area (Å²) in [4.78, 5) is 22.4. The van der Waals surface area contributed by atoms with Crippen LogP contribution in [0.1, 0.15) is 24.2 Å². The predicted molar refractivity (Wildman–Crippen MR) is 100.0 cm³/mol. The molecule has 2 aromatic carbocycles. The average molecular weight is 371 g/mol. The van der Waals surface area contributed by atoms with Gasteiger partial charge in [0.1, 0.15) is 6.10 Å². The zero-order chi connectivity index (χ0) is 19.8. The minimum Gasteiger partial charge on any atom is -0.493 e. The Morgan fingerprint density at radius 3 is 2.70 bits per heavy atom. The van der Waals surface area contributed by atoms with Crippen LogP contribution < -0.4 is 9.47 Å². The van der Waals surface area contributed by atoms with Gasteiger partial charge in [-0.25, -0.2) is 4.79 Å². The molecule has 0 unspecified atom stereocenters. The number of non-ortho nitro benzene ring substituents is 1. The Morgan fingerprint density at radius 2 is 2.04 bits per heavy atom. The van der Waals surface area contributed by atoms with E-state index >= 15 is 0 Å². The lowest BCUT2D eigenvalue weighted by atomic mass is 10.1. The van der Waals surface area contributed by atoms with Crippen LogP contribution in [0.5, 0.6) is 11.5 Å². The molecule has 0 spiro atoms. The summed E-state index contributed by atoms with van der Waals surface area (Å²) in [6, 6.07) is 11.3. The summed E-state index contributed by atoms with van der Waals surface area (Å²) in [5.74, 6) is 0.338. The van der Waals surface area contributed by atoms with Crippen LogP contribution in [0.2, 0.25) is 0 Å². The lowest BCUT2D eigenvalue weighted by molar-refractivity contribution is -0.385.